The smallest absolute Gasteiger partial charge is 0.236 e. The Morgan fingerprint density at radius 2 is 0.822 bits per heavy atom. The first-order chi connectivity index (χ1) is 21.4. The lowest BCUT2D eigenvalue weighted by Gasteiger charge is -2.17. The molecule has 4 aromatic rings. The van der Waals surface area contributed by atoms with Gasteiger partial charge in [0.15, 0.2) is 5.82 Å². The Bertz CT molecular complexity index is 1630. The summed E-state index contributed by atoms with van der Waals surface area (Å²) in [6.07, 6.45) is 5.30. The lowest BCUT2D eigenvalue weighted by atomic mass is 10.1. The van der Waals surface area contributed by atoms with Crippen molar-refractivity contribution in [3.8, 4) is 33.9 Å². The first kappa shape index (κ1) is 28.7. The third-order valence-corrected chi connectivity index (χ3v) is 7.45. The van der Waals surface area contributed by atoms with E-state index >= 15 is 0 Å². The molecule has 3 aliphatic rings. The van der Waals surface area contributed by atoms with Crippen LogP contribution in [0.15, 0.2) is 76.0 Å². The Labute approximate surface area is 261 Å². The Balaban J connectivity index is 1.23. The van der Waals surface area contributed by atoms with E-state index in [0.29, 0.717) is 71.6 Å². The number of hydrogen-bond donors (Lipinski definition) is 0. The molecule has 0 atom stereocenters. The second kappa shape index (κ2) is 10.5. The van der Waals surface area contributed by atoms with Crippen LogP contribution in [0.4, 0.5) is 0 Å². The van der Waals surface area contributed by atoms with Crippen molar-refractivity contribution in [3.05, 3.63) is 78.1 Å². The van der Waals surface area contributed by atoms with Gasteiger partial charge in [-0.1, -0.05) is 0 Å². The third kappa shape index (κ3) is 6.02. The highest BCUT2D eigenvalue weighted by atomic mass is 16.5. The average Bonchev–Trinajstić information content (AvgIpc) is 3.71. The highest BCUT2D eigenvalue weighted by Gasteiger charge is 2.31. The summed E-state index contributed by atoms with van der Waals surface area (Å²) in [4.78, 5) is 37.3. The van der Waals surface area contributed by atoms with Gasteiger partial charge in [0, 0.05) is 35.3 Å². The Hall–Kier alpha value is -5.06. The molecule has 228 valence electrons. The Kier molecular flexibility index (Phi) is 6.72. The van der Waals surface area contributed by atoms with E-state index in [1.807, 2.05) is 84.0 Å². The molecule has 4 aromatic heterocycles. The highest BCUT2D eigenvalue weighted by molar-refractivity contribution is 5.95. The number of nitrogens with zero attached hydrogens (tertiary/aromatic N) is 8. The van der Waals surface area contributed by atoms with Gasteiger partial charge in [0.1, 0.15) is 33.9 Å². The van der Waals surface area contributed by atoms with Crippen molar-refractivity contribution in [2.45, 2.75) is 58.3 Å². The van der Waals surface area contributed by atoms with Gasteiger partial charge in [-0.25, -0.2) is 24.9 Å². The number of rotatable bonds is 6. The average molecular weight is 603 g/mol. The van der Waals surface area contributed by atoms with E-state index in [4.69, 9.17) is 24.2 Å². The van der Waals surface area contributed by atoms with Crippen LogP contribution in [-0.2, 0) is 14.2 Å². The summed E-state index contributed by atoms with van der Waals surface area (Å²) in [6, 6.07) is 13.5. The molecular formula is C34H34N8O3. The molecule has 11 nitrogen and oxygen atoms in total. The molecule has 0 N–H and O–H groups in total. The van der Waals surface area contributed by atoms with Gasteiger partial charge in [0.25, 0.3) is 0 Å². The maximum absolute atomic E-state index is 5.96. The minimum Gasteiger partial charge on any atom is -0.468 e. The van der Waals surface area contributed by atoms with Crippen molar-refractivity contribution in [3.63, 3.8) is 0 Å². The minimum absolute atomic E-state index is 0.335. The summed E-state index contributed by atoms with van der Waals surface area (Å²) in [5.41, 5.74) is 4.82. The predicted octanol–water partition coefficient (Wildman–Crippen LogP) is 5.33. The number of pyridine rings is 3. The molecule has 0 amide bonds. The van der Waals surface area contributed by atoms with E-state index in [2.05, 4.69) is 29.9 Å². The first-order valence-corrected chi connectivity index (χ1v) is 14.9. The molecule has 0 saturated carbocycles. The fourth-order valence-electron chi connectivity index (χ4n) is 5.03. The number of hydrogen-bond acceptors (Lipinski definition) is 11. The largest absolute Gasteiger partial charge is 0.468 e. The van der Waals surface area contributed by atoms with E-state index in [0.717, 1.165) is 16.7 Å². The molecule has 0 radical (unpaired) electrons. The zero-order valence-corrected chi connectivity index (χ0v) is 26.2. The second-order valence-electron chi connectivity index (χ2n) is 13.2. The standard InChI is InChI=1S/C34H34N8O3/c1-32(2)17-38-29(43-32)23-10-7-20(14-35-23)26-13-27(21-8-11-24(36-15-21)30-39-18-33(3,4)44-30)42-28(41-26)22-9-12-25(37-16-22)31-40-19-34(5,6)45-31/h7-16H,17-19H2,1-6H3. The summed E-state index contributed by atoms with van der Waals surface area (Å²) in [5.74, 6) is 2.15. The molecule has 0 unspecified atom stereocenters. The number of aliphatic imine (C=N–C) groups is 3. The van der Waals surface area contributed by atoms with Crippen LogP contribution >= 0.6 is 0 Å². The van der Waals surface area contributed by atoms with Crippen LogP contribution in [0.1, 0.15) is 58.6 Å². The molecule has 0 saturated heterocycles. The van der Waals surface area contributed by atoms with Crippen LogP contribution in [0, 0.1) is 0 Å². The van der Waals surface area contributed by atoms with Gasteiger partial charge in [-0.2, -0.15) is 0 Å². The second-order valence-corrected chi connectivity index (χ2v) is 13.2. The zero-order chi connectivity index (χ0) is 31.4. The Morgan fingerprint density at radius 3 is 1.11 bits per heavy atom. The molecule has 0 bridgehead atoms. The quantitative estimate of drug-likeness (QED) is 0.290. The lowest BCUT2D eigenvalue weighted by Crippen LogP contribution is -2.24. The van der Waals surface area contributed by atoms with E-state index in [-0.39, 0.29) is 16.8 Å². The van der Waals surface area contributed by atoms with Gasteiger partial charge in [0.2, 0.25) is 17.7 Å². The predicted molar refractivity (Wildman–Crippen MR) is 171 cm³/mol. The summed E-state index contributed by atoms with van der Waals surface area (Å²) < 4.78 is 17.9. The van der Waals surface area contributed by atoms with Crippen molar-refractivity contribution in [2.75, 3.05) is 19.6 Å². The van der Waals surface area contributed by atoms with E-state index in [1.54, 1.807) is 18.6 Å². The summed E-state index contributed by atoms with van der Waals surface area (Å²) in [5, 5.41) is 0. The van der Waals surface area contributed by atoms with Gasteiger partial charge in [0.05, 0.1) is 31.0 Å². The van der Waals surface area contributed by atoms with Crippen molar-refractivity contribution in [2.24, 2.45) is 15.0 Å². The monoisotopic (exact) mass is 602 g/mol. The maximum atomic E-state index is 5.96. The van der Waals surface area contributed by atoms with Crippen LogP contribution in [0.2, 0.25) is 0 Å². The molecule has 7 heterocycles. The molecule has 11 heteroatoms. The van der Waals surface area contributed by atoms with Crippen molar-refractivity contribution < 1.29 is 14.2 Å². The van der Waals surface area contributed by atoms with Crippen molar-refractivity contribution in [1.29, 1.82) is 0 Å². The number of aromatic nitrogens is 5. The van der Waals surface area contributed by atoms with Gasteiger partial charge < -0.3 is 14.2 Å². The zero-order valence-electron chi connectivity index (χ0n) is 26.2. The molecule has 3 aliphatic heterocycles. The third-order valence-electron chi connectivity index (χ3n) is 7.45. The van der Waals surface area contributed by atoms with E-state index in [1.165, 1.54) is 0 Å². The highest BCUT2D eigenvalue weighted by Crippen LogP contribution is 2.29. The van der Waals surface area contributed by atoms with Crippen LogP contribution in [0.3, 0.4) is 0 Å². The molecule has 45 heavy (non-hydrogen) atoms. The van der Waals surface area contributed by atoms with Gasteiger partial charge >= 0.3 is 0 Å². The molecule has 0 aliphatic carbocycles. The fraction of sp³-hybridized carbons (Fsp3) is 0.353. The minimum atomic E-state index is -0.339. The van der Waals surface area contributed by atoms with E-state index in [9.17, 15) is 0 Å². The summed E-state index contributed by atoms with van der Waals surface area (Å²) in [7, 11) is 0. The molecule has 0 fully saturated rings. The SMILES string of the molecule is CC1(C)CN=C(c2ccc(-c3cc(-c4ccc(C5=NCC(C)(C)O5)nc4)nc(-c4ccc(C5=NCC(C)(C)O5)nc4)n3)cn2)O1. The lowest BCUT2D eigenvalue weighted by molar-refractivity contribution is 0.130. The van der Waals surface area contributed by atoms with Crippen LogP contribution < -0.4 is 0 Å². The molecular weight excluding hydrogens is 568 g/mol. The summed E-state index contributed by atoms with van der Waals surface area (Å²) in [6.45, 7) is 13.8. The van der Waals surface area contributed by atoms with Crippen LogP contribution in [0.5, 0.6) is 0 Å². The molecule has 0 spiro atoms. The van der Waals surface area contributed by atoms with E-state index < -0.39 is 0 Å². The van der Waals surface area contributed by atoms with Gasteiger partial charge in [-0.3, -0.25) is 15.0 Å². The molecule has 7 rings (SSSR count). The van der Waals surface area contributed by atoms with Crippen molar-refractivity contribution >= 4 is 17.7 Å². The fourth-order valence-corrected chi connectivity index (χ4v) is 5.03. The first-order valence-electron chi connectivity index (χ1n) is 14.9. The maximum Gasteiger partial charge on any atom is 0.236 e. The Morgan fingerprint density at radius 1 is 0.467 bits per heavy atom. The van der Waals surface area contributed by atoms with Crippen LogP contribution in [0.25, 0.3) is 33.9 Å². The normalized spacial score (nSPS) is 19.2. The topological polar surface area (TPSA) is 129 Å². The summed E-state index contributed by atoms with van der Waals surface area (Å²) >= 11 is 0. The van der Waals surface area contributed by atoms with Crippen LogP contribution in [-0.4, -0.2) is 79.1 Å². The number of ether oxygens (including phenoxy) is 3. The van der Waals surface area contributed by atoms with Gasteiger partial charge in [-0.05, 0) is 84.0 Å². The van der Waals surface area contributed by atoms with Crippen molar-refractivity contribution in [1.82, 2.24) is 24.9 Å². The van der Waals surface area contributed by atoms with Gasteiger partial charge in [-0.15, -0.1) is 0 Å². The molecule has 0 aromatic carbocycles.